The molecular weight excluding hydrogens is 538 g/mol. The van der Waals surface area contributed by atoms with Crippen molar-refractivity contribution in [2.45, 2.75) is 54.9 Å². The van der Waals surface area contributed by atoms with Gasteiger partial charge in [0, 0.05) is 53.0 Å². The minimum absolute atomic E-state index is 0.120. The van der Waals surface area contributed by atoms with E-state index in [4.69, 9.17) is 9.15 Å². The highest BCUT2D eigenvalue weighted by Crippen LogP contribution is 2.42. The summed E-state index contributed by atoms with van der Waals surface area (Å²) in [6, 6.07) is 20.3. The summed E-state index contributed by atoms with van der Waals surface area (Å²) in [6.45, 7) is 18.2. The first-order valence-electron chi connectivity index (χ1n) is 15.6. The maximum atomic E-state index is 13.6. The number of fused-ring (bicyclic) bond motifs is 2. The van der Waals surface area contributed by atoms with Gasteiger partial charge in [-0.05, 0) is 77.8 Å². The van der Waals surface area contributed by atoms with Gasteiger partial charge in [-0.15, -0.1) is 0 Å². The van der Waals surface area contributed by atoms with Crippen LogP contribution in [-0.2, 0) is 9.53 Å². The Bertz CT molecular complexity index is 1630. The Morgan fingerprint density at radius 3 is 2.30 bits per heavy atom. The van der Waals surface area contributed by atoms with E-state index >= 15 is 0 Å². The Balaban J connectivity index is 1.82. The molecule has 0 saturated carbocycles. The maximum absolute atomic E-state index is 13.6. The van der Waals surface area contributed by atoms with E-state index in [1.807, 2.05) is 45.0 Å². The number of ether oxygens (including phenoxy) is 1. The van der Waals surface area contributed by atoms with E-state index in [1.54, 1.807) is 0 Å². The van der Waals surface area contributed by atoms with E-state index < -0.39 is 5.41 Å². The highest BCUT2D eigenvalue weighted by Gasteiger charge is 2.27. The molecule has 2 aromatic rings. The number of hydrogen-bond donors (Lipinski definition) is 1. The molecule has 0 unspecified atom stereocenters. The second-order valence-electron chi connectivity index (χ2n) is 11.4. The SMILES string of the molecule is CCN(CC)c1ccc2c(-c3ccccc3C(=O)NCCOC(=O)C(C)(C)CC)c3ccc(=[N+](CC)CC)cc-3oc2c1. The van der Waals surface area contributed by atoms with Crippen LogP contribution in [0.4, 0.5) is 5.69 Å². The number of carbonyl (C=O) groups excluding carboxylic acids is 2. The van der Waals surface area contributed by atoms with E-state index in [0.717, 1.165) is 70.6 Å². The van der Waals surface area contributed by atoms with Crippen molar-refractivity contribution in [1.29, 1.82) is 0 Å². The van der Waals surface area contributed by atoms with E-state index in [-0.39, 0.29) is 25.0 Å². The lowest BCUT2D eigenvalue weighted by Gasteiger charge is -2.23. The molecule has 228 valence electrons. The third-order valence-electron chi connectivity index (χ3n) is 8.44. The van der Waals surface area contributed by atoms with Crippen LogP contribution in [0.25, 0.3) is 33.4 Å². The molecule has 1 aliphatic heterocycles. The lowest BCUT2D eigenvalue weighted by molar-refractivity contribution is -0.153. The van der Waals surface area contributed by atoms with Gasteiger partial charge in [-0.1, -0.05) is 25.1 Å². The summed E-state index contributed by atoms with van der Waals surface area (Å²) in [5.74, 6) is 0.288. The Hall–Kier alpha value is -4.13. The first-order chi connectivity index (χ1) is 20.7. The predicted molar refractivity (Wildman–Crippen MR) is 176 cm³/mol. The van der Waals surface area contributed by atoms with Crippen LogP contribution in [0, 0.1) is 5.41 Å². The molecule has 0 atom stereocenters. The van der Waals surface area contributed by atoms with E-state index in [9.17, 15) is 9.59 Å². The molecule has 7 nitrogen and oxygen atoms in total. The van der Waals surface area contributed by atoms with Gasteiger partial charge in [0.15, 0.2) is 0 Å². The fourth-order valence-corrected chi connectivity index (χ4v) is 5.37. The minimum atomic E-state index is -0.548. The molecule has 1 amide bonds. The molecule has 43 heavy (non-hydrogen) atoms. The fourth-order valence-electron chi connectivity index (χ4n) is 5.37. The van der Waals surface area contributed by atoms with Gasteiger partial charge in [0.1, 0.15) is 31.0 Å². The van der Waals surface area contributed by atoms with Crippen molar-refractivity contribution in [3.63, 3.8) is 0 Å². The van der Waals surface area contributed by atoms with Crippen LogP contribution < -0.4 is 20.1 Å². The number of amides is 1. The Labute approximate surface area is 255 Å². The fraction of sp³-hybridized carbons (Fsp3) is 0.417. The Morgan fingerprint density at radius 1 is 0.907 bits per heavy atom. The molecule has 2 aliphatic rings. The average molecular weight is 585 g/mol. The number of nitrogens with zero attached hydrogens (tertiary/aromatic N) is 2. The highest BCUT2D eigenvalue weighted by atomic mass is 16.5. The zero-order valence-electron chi connectivity index (χ0n) is 26.8. The molecule has 4 rings (SSSR count). The molecule has 0 spiro atoms. The molecule has 0 bridgehead atoms. The number of anilines is 1. The third kappa shape index (κ3) is 6.76. The van der Waals surface area contributed by atoms with Crippen molar-refractivity contribution >= 4 is 28.5 Å². The molecule has 0 fully saturated rings. The first kappa shape index (κ1) is 31.8. The molecule has 2 aromatic carbocycles. The quantitative estimate of drug-likeness (QED) is 0.0882. The highest BCUT2D eigenvalue weighted by molar-refractivity contribution is 6.09. The second kappa shape index (κ2) is 13.9. The number of rotatable bonds is 12. The second-order valence-corrected chi connectivity index (χ2v) is 11.4. The van der Waals surface area contributed by atoms with E-state index in [0.29, 0.717) is 12.0 Å². The van der Waals surface area contributed by atoms with Crippen LogP contribution in [-0.4, -0.2) is 51.2 Å². The largest absolute Gasteiger partial charge is 0.463 e. The van der Waals surface area contributed by atoms with Crippen molar-refractivity contribution in [2.75, 3.05) is 44.2 Å². The number of nitrogens with one attached hydrogen (secondary N) is 1. The standard InChI is InChI=1S/C36H45N3O4/c1-8-36(6,7)35(41)42-22-21-37-34(40)28-16-14-13-15-27(28)33-29-19-17-25(38(9-2)10-3)23-31(29)43-32-24-26(18-20-30(32)33)39(11-4)12-5/h13-20,23-24H,8-12,21-22H2,1-7H3/p+1. The van der Waals surface area contributed by atoms with E-state index in [2.05, 4.69) is 78.9 Å². The van der Waals surface area contributed by atoms with Crippen LogP contribution in [0.5, 0.6) is 0 Å². The Kier molecular flexibility index (Phi) is 10.3. The summed E-state index contributed by atoms with van der Waals surface area (Å²) >= 11 is 0. The van der Waals surface area contributed by atoms with Crippen LogP contribution in [0.15, 0.2) is 65.1 Å². The van der Waals surface area contributed by atoms with Gasteiger partial charge in [0.25, 0.3) is 5.91 Å². The summed E-state index contributed by atoms with van der Waals surface area (Å²) in [5.41, 5.74) is 4.58. The minimum Gasteiger partial charge on any atom is -0.463 e. The van der Waals surface area contributed by atoms with E-state index in [1.165, 1.54) is 0 Å². The van der Waals surface area contributed by atoms with Crippen molar-refractivity contribution in [1.82, 2.24) is 9.89 Å². The summed E-state index contributed by atoms with van der Waals surface area (Å²) < 4.78 is 14.3. The smallest absolute Gasteiger partial charge is 0.311 e. The number of benzene rings is 3. The van der Waals surface area contributed by atoms with Crippen molar-refractivity contribution in [3.8, 4) is 22.5 Å². The average Bonchev–Trinajstić information content (AvgIpc) is 3.02. The van der Waals surface area contributed by atoms with Crippen LogP contribution in [0.1, 0.15) is 65.2 Å². The molecular formula is C36H46N3O4+. The Morgan fingerprint density at radius 2 is 1.63 bits per heavy atom. The third-order valence-corrected chi connectivity index (χ3v) is 8.44. The number of esters is 1. The van der Waals surface area contributed by atoms with Gasteiger partial charge >= 0.3 is 5.97 Å². The van der Waals surface area contributed by atoms with Gasteiger partial charge < -0.3 is 19.4 Å². The van der Waals surface area contributed by atoms with Gasteiger partial charge in [-0.2, -0.15) is 0 Å². The normalized spacial score (nSPS) is 11.5. The molecule has 1 aliphatic carbocycles. The van der Waals surface area contributed by atoms with Crippen LogP contribution in [0.2, 0.25) is 0 Å². The van der Waals surface area contributed by atoms with Crippen LogP contribution in [0.3, 0.4) is 0 Å². The molecule has 0 radical (unpaired) electrons. The summed E-state index contributed by atoms with van der Waals surface area (Å²) in [6.07, 6.45) is 0.684. The molecule has 1 N–H and O–H groups in total. The first-order valence-corrected chi connectivity index (χ1v) is 15.6. The zero-order chi connectivity index (χ0) is 31.1. The van der Waals surface area contributed by atoms with Gasteiger partial charge in [-0.3, -0.25) is 9.59 Å². The summed E-state index contributed by atoms with van der Waals surface area (Å²) in [4.78, 5) is 28.2. The van der Waals surface area contributed by atoms with Crippen molar-refractivity contribution in [3.05, 3.63) is 71.6 Å². The molecule has 0 aromatic heterocycles. The van der Waals surface area contributed by atoms with Gasteiger partial charge in [0.2, 0.25) is 5.36 Å². The summed E-state index contributed by atoms with van der Waals surface area (Å²) in [7, 11) is 0. The number of hydrogen-bond acceptors (Lipinski definition) is 5. The zero-order valence-corrected chi connectivity index (χ0v) is 26.8. The van der Waals surface area contributed by atoms with Gasteiger partial charge in [-0.25, -0.2) is 4.58 Å². The van der Waals surface area contributed by atoms with Crippen molar-refractivity contribution in [2.24, 2.45) is 5.41 Å². The topological polar surface area (TPSA) is 74.8 Å². The lowest BCUT2D eigenvalue weighted by Crippen LogP contribution is -2.31. The monoisotopic (exact) mass is 584 g/mol. The maximum Gasteiger partial charge on any atom is 0.311 e. The molecule has 1 heterocycles. The lowest BCUT2D eigenvalue weighted by atomic mass is 9.90. The summed E-state index contributed by atoms with van der Waals surface area (Å²) in [5, 5.41) is 4.99. The van der Waals surface area contributed by atoms with Crippen molar-refractivity contribution < 1.29 is 18.7 Å². The van der Waals surface area contributed by atoms with Gasteiger partial charge in [0.05, 0.1) is 18.0 Å². The van der Waals surface area contributed by atoms with Crippen LogP contribution >= 0.6 is 0 Å². The predicted octanol–water partition coefficient (Wildman–Crippen LogP) is 6.57. The molecule has 0 saturated heterocycles. The number of carbonyl (C=O) groups is 2. The molecule has 7 heteroatoms.